The molecule has 0 saturated carbocycles. The van der Waals surface area contributed by atoms with Crippen LogP contribution < -0.4 is 21.7 Å². The number of rotatable bonds is 9. The molecule has 4 aromatic rings. The molecule has 41 heavy (non-hydrogen) atoms. The van der Waals surface area contributed by atoms with Crippen LogP contribution in [0.15, 0.2) is 59.3 Å². The number of anilines is 3. The van der Waals surface area contributed by atoms with Crippen molar-refractivity contribution in [1.82, 2.24) is 20.2 Å². The van der Waals surface area contributed by atoms with Crippen molar-refractivity contribution < 1.29 is 4.39 Å². The van der Waals surface area contributed by atoms with E-state index in [2.05, 4.69) is 43.8 Å². The van der Waals surface area contributed by atoms with Crippen LogP contribution in [0.2, 0.25) is 10.0 Å². The Morgan fingerprint density at radius 2 is 2.00 bits per heavy atom. The first-order valence-electron chi connectivity index (χ1n) is 13.2. The van der Waals surface area contributed by atoms with Crippen LogP contribution in [0.3, 0.4) is 0 Å². The minimum Gasteiger partial charge on any atom is -0.399 e. The summed E-state index contributed by atoms with van der Waals surface area (Å²) in [6.07, 6.45) is 5.42. The number of nitrogens with zero attached hydrogens (tertiary/aromatic N) is 4. The van der Waals surface area contributed by atoms with Gasteiger partial charge in [-0.15, -0.1) is 11.3 Å². The van der Waals surface area contributed by atoms with E-state index in [0.29, 0.717) is 50.3 Å². The number of aromatic nitrogens is 2. The van der Waals surface area contributed by atoms with Crippen molar-refractivity contribution in [2.45, 2.75) is 31.8 Å². The molecule has 1 aliphatic heterocycles. The Kier molecular flexibility index (Phi) is 9.10. The van der Waals surface area contributed by atoms with Crippen molar-refractivity contribution in [2.24, 2.45) is 5.73 Å². The van der Waals surface area contributed by atoms with Crippen molar-refractivity contribution in [3.63, 3.8) is 0 Å². The zero-order chi connectivity index (χ0) is 28.9. The smallest absolute Gasteiger partial charge is 0.141 e. The molecule has 1 saturated heterocycles. The van der Waals surface area contributed by atoms with E-state index in [0.717, 1.165) is 38.2 Å². The fraction of sp³-hybridized carbons (Fsp3) is 0.276. The number of benzene rings is 2. The van der Waals surface area contributed by atoms with E-state index < -0.39 is 11.9 Å². The van der Waals surface area contributed by atoms with Gasteiger partial charge in [0.15, 0.2) is 0 Å². The lowest BCUT2D eigenvalue weighted by atomic mass is 10.0. The summed E-state index contributed by atoms with van der Waals surface area (Å²) in [5.74, 6) is -0.536. The molecule has 12 heteroatoms. The number of halogens is 3. The standard InChI is InChI=1S/C29H29Cl2FN8S/c1-2-40-7-5-18(6-8-40)35-14-25(34)29(26-15-41-16-37-26)39-20-9-21-27(38-19-3-4-24(32)22(30)10-19)17(12-33)13-36-28(21)23(31)11-20/h3-4,9-11,13-16,18,29,35,39H,2,5-8,34H2,1H3,(H,36,38)/b25-14-. The summed E-state index contributed by atoms with van der Waals surface area (Å²) in [6, 6.07) is 9.96. The van der Waals surface area contributed by atoms with Crippen LogP contribution in [-0.4, -0.2) is 40.5 Å². The Bertz CT molecular complexity index is 1600. The molecule has 212 valence electrons. The molecule has 0 radical (unpaired) electrons. The molecule has 1 aliphatic rings. The second-order valence-corrected chi connectivity index (χ2v) is 11.3. The first-order chi connectivity index (χ1) is 19.9. The fourth-order valence-electron chi connectivity index (χ4n) is 4.85. The molecule has 0 spiro atoms. The van der Waals surface area contributed by atoms with Crippen LogP contribution >= 0.6 is 34.5 Å². The highest BCUT2D eigenvalue weighted by Crippen LogP contribution is 2.37. The molecule has 1 atom stereocenters. The zero-order valence-corrected chi connectivity index (χ0v) is 24.6. The molecule has 5 N–H and O–H groups in total. The Labute approximate surface area is 252 Å². The number of pyridine rings is 1. The molecule has 5 rings (SSSR count). The van der Waals surface area contributed by atoms with Crippen molar-refractivity contribution >= 4 is 62.5 Å². The van der Waals surface area contributed by atoms with Crippen molar-refractivity contribution in [1.29, 1.82) is 5.26 Å². The van der Waals surface area contributed by atoms with Gasteiger partial charge in [0.1, 0.15) is 17.9 Å². The average molecular weight is 612 g/mol. The van der Waals surface area contributed by atoms with Gasteiger partial charge in [-0.05, 0) is 49.7 Å². The predicted octanol–water partition coefficient (Wildman–Crippen LogP) is 6.78. The number of likely N-dealkylation sites (tertiary alicyclic amines) is 1. The van der Waals surface area contributed by atoms with Crippen LogP contribution in [0.4, 0.5) is 21.5 Å². The van der Waals surface area contributed by atoms with E-state index in [1.807, 2.05) is 17.6 Å². The fourth-order valence-corrected chi connectivity index (χ4v) is 5.88. The largest absolute Gasteiger partial charge is 0.399 e. The summed E-state index contributed by atoms with van der Waals surface area (Å²) in [5, 5.41) is 22.9. The first-order valence-corrected chi connectivity index (χ1v) is 14.9. The maximum absolute atomic E-state index is 13.8. The molecule has 0 amide bonds. The van der Waals surface area contributed by atoms with Gasteiger partial charge < -0.3 is 26.6 Å². The minimum absolute atomic E-state index is 0.0369. The van der Waals surface area contributed by atoms with Crippen LogP contribution in [-0.2, 0) is 0 Å². The van der Waals surface area contributed by atoms with E-state index in [1.54, 1.807) is 17.6 Å². The van der Waals surface area contributed by atoms with Crippen LogP contribution in [0.5, 0.6) is 0 Å². The third-order valence-electron chi connectivity index (χ3n) is 7.15. The number of thiazole rings is 1. The van der Waals surface area contributed by atoms with Crippen molar-refractivity contribution in [3.8, 4) is 6.07 Å². The van der Waals surface area contributed by atoms with Gasteiger partial charge in [-0.2, -0.15) is 5.26 Å². The maximum Gasteiger partial charge on any atom is 0.141 e. The van der Waals surface area contributed by atoms with E-state index in [4.69, 9.17) is 28.9 Å². The van der Waals surface area contributed by atoms with Gasteiger partial charge in [0, 0.05) is 53.7 Å². The average Bonchev–Trinajstić information content (AvgIpc) is 3.52. The number of nitrogens with two attached hydrogens (primary N) is 1. The maximum atomic E-state index is 13.8. The number of fused-ring (bicyclic) bond motifs is 1. The quantitative estimate of drug-likeness (QED) is 0.164. The number of piperidine rings is 1. The van der Waals surface area contributed by atoms with Gasteiger partial charge in [-0.1, -0.05) is 30.1 Å². The van der Waals surface area contributed by atoms with Gasteiger partial charge in [0.2, 0.25) is 0 Å². The van der Waals surface area contributed by atoms with E-state index in [9.17, 15) is 9.65 Å². The highest BCUT2D eigenvalue weighted by Gasteiger charge is 2.21. The molecule has 0 bridgehead atoms. The van der Waals surface area contributed by atoms with Crippen molar-refractivity contribution in [3.05, 3.63) is 86.4 Å². The molecule has 8 nitrogen and oxygen atoms in total. The molecule has 1 unspecified atom stereocenters. The van der Waals surface area contributed by atoms with Crippen molar-refractivity contribution in [2.75, 3.05) is 30.3 Å². The molecule has 1 fully saturated rings. The predicted molar refractivity (Wildman–Crippen MR) is 165 cm³/mol. The lowest BCUT2D eigenvalue weighted by Crippen LogP contribution is -2.41. The van der Waals surface area contributed by atoms with Gasteiger partial charge >= 0.3 is 0 Å². The molecule has 2 aromatic carbocycles. The van der Waals surface area contributed by atoms with Crippen LogP contribution in [0, 0.1) is 17.1 Å². The van der Waals surface area contributed by atoms with E-state index >= 15 is 0 Å². The van der Waals surface area contributed by atoms with Gasteiger partial charge in [0.05, 0.1) is 43.7 Å². The second kappa shape index (κ2) is 12.9. The summed E-state index contributed by atoms with van der Waals surface area (Å²) < 4.78 is 13.8. The Morgan fingerprint density at radius 1 is 1.22 bits per heavy atom. The zero-order valence-electron chi connectivity index (χ0n) is 22.3. The number of hydrogen-bond acceptors (Lipinski definition) is 9. The SMILES string of the molecule is CCN1CCC(N/C=C(\N)C(Nc2cc(Cl)c3ncc(C#N)c(Nc4ccc(F)c(Cl)c4)c3c2)c2cscn2)CC1. The lowest BCUT2D eigenvalue weighted by molar-refractivity contribution is 0.213. The minimum atomic E-state index is -0.536. The Morgan fingerprint density at radius 3 is 2.68 bits per heavy atom. The highest BCUT2D eigenvalue weighted by atomic mass is 35.5. The molecule has 2 aromatic heterocycles. The highest BCUT2D eigenvalue weighted by molar-refractivity contribution is 7.07. The van der Waals surface area contributed by atoms with Gasteiger partial charge in [0.25, 0.3) is 0 Å². The van der Waals surface area contributed by atoms with E-state index in [-0.39, 0.29) is 5.02 Å². The number of hydrogen-bond donors (Lipinski definition) is 4. The van der Waals surface area contributed by atoms with Gasteiger partial charge in [-0.25, -0.2) is 9.37 Å². The van der Waals surface area contributed by atoms with E-state index in [1.165, 1.54) is 29.7 Å². The van der Waals surface area contributed by atoms with Crippen LogP contribution in [0.1, 0.15) is 37.1 Å². The number of nitrogens with one attached hydrogen (secondary N) is 3. The summed E-state index contributed by atoms with van der Waals surface area (Å²) in [4.78, 5) is 11.4. The summed E-state index contributed by atoms with van der Waals surface area (Å²) in [5.41, 5.74) is 12.2. The van der Waals surface area contributed by atoms with Gasteiger partial charge in [-0.3, -0.25) is 4.98 Å². The normalized spacial score (nSPS) is 15.4. The number of nitriles is 1. The molecule has 3 heterocycles. The Hall–Kier alpha value is -3.62. The topological polar surface area (TPSA) is 115 Å². The third kappa shape index (κ3) is 6.66. The second-order valence-electron chi connectivity index (χ2n) is 9.78. The summed E-state index contributed by atoms with van der Waals surface area (Å²) in [7, 11) is 0. The summed E-state index contributed by atoms with van der Waals surface area (Å²) in [6.45, 7) is 5.37. The third-order valence-corrected chi connectivity index (χ3v) is 8.33. The van der Waals surface area contributed by atoms with Crippen LogP contribution in [0.25, 0.3) is 10.9 Å². The summed E-state index contributed by atoms with van der Waals surface area (Å²) >= 11 is 14.2. The monoisotopic (exact) mass is 610 g/mol. The lowest BCUT2D eigenvalue weighted by Gasteiger charge is -2.31. The molecule has 0 aliphatic carbocycles. The molecular weight excluding hydrogens is 582 g/mol. The Balaban J connectivity index is 1.47. The molecular formula is C29H29Cl2FN8S. The first kappa shape index (κ1) is 28.9.